The van der Waals surface area contributed by atoms with E-state index in [1.165, 1.54) is 0 Å². The zero-order chi connectivity index (χ0) is 14.0. The Morgan fingerprint density at radius 3 is 2.74 bits per heavy atom. The molecule has 0 unspecified atom stereocenters. The molecular weight excluding hydrogens is 318 g/mol. The van der Waals surface area contributed by atoms with Crippen molar-refractivity contribution in [2.75, 3.05) is 5.32 Å². The van der Waals surface area contributed by atoms with Crippen molar-refractivity contribution in [2.45, 2.75) is 6.92 Å². The Morgan fingerprint density at radius 2 is 2.05 bits per heavy atom. The first kappa shape index (κ1) is 13.6. The van der Waals surface area contributed by atoms with E-state index in [2.05, 4.69) is 26.2 Å². The number of halogens is 3. The average molecular weight is 327 g/mol. The number of hydrogen-bond donors (Lipinski definition) is 1. The molecule has 1 amide bonds. The molecule has 1 N–H and O–H groups in total. The van der Waals surface area contributed by atoms with Crippen molar-refractivity contribution in [3.63, 3.8) is 0 Å². The van der Waals surface area contributed by atoms with Gasteiger partial charge >= 0.3 is 0 Å². The quantitative estimate of drug-likeness (QED) is 0.855. The summed E-state index contributed by atoms with van der Waals surface area (Å²) < 4.78 is 26.9. The minimum atomic E-state index is -0.719. The Kier molecular flexibility index (Phi) is 3.90. The van der Waals surface area contributed by atoms with Crippen molar-refractivity contribution in [3.8, 4) is 0 Å². The topological polar surface area (TPSA) is 42.0 Å². The van der Waals surface area contributed by atoms with Crippen LogP contribution in [0, 0.1) is 18.6 Å². The lowest BCUT2D eigenvalue weighted by Gasteiger charge is -2.08. The Labute approximate surface area is 116 Å². The van der Waals surface area contributed by atoms with Crippen LogP contribution in [-0.2, 0) is 0 Å². The SMILES string of the molecule is Cc1ncccc1C(=O)Nc1cc(F)c(Br)cc1F. The fourth-order valence-corrected chi connectivity index (χ4v) is 1.85. The van der Waals surface area contributed by atoms with Crippen molar-refractivity contribution < 1.29 is 13.6 Å². The van der Waals surface area contributed by atoms with Gasteiger partial charge in [-0.15, -0.1) is 0 Å². The maximum absolute atomic E-state index is 13.6. The monoisotopic (exact) mass is 326 g/mol. The van der Waals surface area contributed by atoms with Gasteiger partial charge in [0.2, 0.25) is 0 Å². The highest BCUT2D eigenvalue weighted by Gasteiger charge is 2.14. The van der Waals surface area contributed by atoms with Crippen molar-refractivity contribution in [3.05, 3.63) is 57.8 Å². The predicted molar refractivity (Wildman–Crippen MR) is 71.0 cm³/mol. The molecule has 0 aliphatic carbocycles. The smallest absolute Gasteiger partial charge is 0.257 e. The number of amides is 1. The van der Waals surface area contributed by atoms with E-state index in [0.717, 1.165) is 12.1 Å². The predicted octanol–water partition coefficient (Wildman–Crippen LogP) is 3.68. The van der Waals surface area contributed by atoms with Gasteiger partial charge in [0.15, 0.2) is 0 Å². The van der Waals surface area contributed by atoms with Gasteiger partial charge in [0.05, 0.1) is 15.7 Å². The van der Waals surface area contributed by atoms with Gasteiger partial charge in [-0.3, -0.25) is 9.78 Å². The van der Waals surface area contributed by atoms with Crippen LogP contribution in [0.4, 0.5) is 14.5 Å². The number of benzene rings is 1. The van der Waals surface area contributed by atoms with Crippen LogP contribution in [-0.4, -0.2) is 10.9 Å². The van der Waals surface area contributed by atoms with E-state index in [4.69, 9.17) is 0 Å². The van der Waals surface area contributed by atoms with Crippen LogP contribution in [0.15, 0.2) is 34.9 Å². The van der Waals surface area contributed by atoms with E-state index in [0.29, 0.717) is 11.3 Å². The molecular formula is C13H9BrF2N2O. The molecule has 19 heavy (non-hydrogen) atoms. The maximum atomic E-state index is 13.6. The van der Waals surface area contributed by atoms with Crippen molar-refractivity contribution in [1.29, 1.82) is 0 Å². The van der Waals surface area contributed by atoms with E-state index in [1.54, 1.807) is 25.3 Å². The molecule has 1 heterocycles. The summed E-state index contributed by atoms with van der Waals surface area (Å²) in [5, 5.41) is 2.32. The Bertz CT molecular complexity index is 647. The first-order chi connectivity index (χ1) is 8.99. The largest absolute Gasteiger partial charge is 0.319 e. The Hall–Kier alpha value is -1.82. The molecule has 2 rings (SSSR count). The van der Waals surface area contributed by atoms with Crippen LogP contribution in [0.3, 0.4) is 0 Å². The number of hydrogen-bond acceptors (Lipinski definition) is 2. The number of nitrogens with zero attached hydrogens (tertiary/aromatic N) is 1. The number of anilines is 1. The summed E-state index contributed by atoms with van der Waals surface area (Å²) in [5.74, 6) is -1.91. The molecule has 0 fully saturated rings. The van der Waals surface area contributed by atoms with E-state index >= 15 is 0 Å². The number of carbonyl (C=O) groups is 1. The van der Waals surface area contributed by atoms with E-state index < -0.39 is 17.5 Å². The standard InChI is InChI=1S/C13H9BrF2N2O/c1-7-8(3-2-4-17-7)13(19)18-12-6-10(15)9(14)5-11(12)16/h2-6H,1H3,(H,18,19). The summed E-state index contributed by atoms with van der Waals surface area (Å²) in [6.45, 7) is 1.66. The van der Waals surface area contributed by atoms with Gasteiger partial charge in [0, 0.05) is 18.0 Å². The third-order valence-electron chi connectivity index (χ3n) is 2.51. The summed E-state index contributed by atoms with van der Waals surface area (Å²) in [6, 6.07) is 5.04. The molecule has 98 valence electrons. The van der Waals surface area contributed by atoms with Crippen LogP contribution in [0.25, 0.3) is 0 Å². The van der Waals surface area contributed by atoms with Crippen LogP contribution < -0.4 is 5.32 Å². The fraction of sp³-hybridized carbons (Fsp3) is 0.0769. The van der Waals surface area contributed by atoms with Crippen LogP contribution in [0.1, 0.15) is 16.1 Å². The molecule has 3 nitrogen and oxygen atoms in total. The van der Waals surface area contributed by atoms with Crippen LogP contribution >= 0.6 is 15.9 Å². The van der Waals surface area contributed by atoms with E-state index in [1.807, 2.05) is 0 Å². The van der Waals surface area contributed by atoms with Gasteiger partial charge < -0.3 is 5.32 Å². The third kappa shape index (κ3) is 2.96. The molecule has 0 atom stereocenters. The Morgan fingerprint density at radius 1 is 1.32 bits per heavy atom. The molecule has 1 aromatic carbocycles. The lowest BCUT2D eigenvalue weighted by atomic mass is 10.2. The van der Waals surface area contributed by atoms with Gasteiger partial charge in [-0.05, 0) is 41.1 Å². The number of aromatic nitrogens is 1. The van der Waals surface area contributed by atoms with Gasteiger partial charge in [-0.25, -0.2) is 8.78 Å². The van der Waals surface area contributed by atoms with Gasteiger partial charge in [0.25, 0.3) is 5.91 Å². The summed E-state index contributed by atoms with van der Waals surface area (Å²) in [4.78, 5) is 15.9. The zero-order valence-corrected chi connectivity index (χ0v) is 11.5. The Balaban J connectivity index is 2.30. The molecule has 1 aromatic heterocycles. The highest BCUT2D eigenvalue weighted by molar-refractivity contribution is 9.10. The minimum absolute atomic E-state index is 0.000516. The molecule has 6 heteroatoms. The van der Waals surface area contributed by atoms with Crippen molar-refractivity contribution >= 4 is 27.5 Å². The van der Waals surface area contributed by atoms with Crippen LogP contribution in [0.2, 0.25) is 0 Å². The molecule has 0 saturated carbocycles. The number of rotatable bonds is 2. The molecule has 0 bridgehead atoms. The van der Waals surface area contributed by atoms with Gasteiger partial charge in [0.1, 0.15) is 11.6 Å². The average Bonchev–Trinajstić information content (AvgIpc) is 2.36. The van der Waals surface area contributed by atoms with Crippen molar-refractivity contribution in [2.24, 2.45) is 0 Å². The van der Waals surface area contributed by atoms with Gasteiger partial charge in [-0.1, -0.05) is 0 Å². The molecule has 2 aromatic rings. The zero-order valence-electron chi connectivity index (χ0n) is 9.88. The van der Waals surface area contributed by atoms with E-state index in [9.17, 15) is 13.6 Å². The lowest BCUT2D eigenvalue weighted by Crippen LogP contribution is -2.15. The summed E-state index contributed by atoms with van der Waals surface area (Å²) >= 11 is 2.87. The molecule has 0 aliphatic heterocycles. The molecule has 0 radical (unpaired) electrons. The summed E-state index contributed by atoms with van der Waals surface area (Å²) in [6.07, 6.45) is 1.55. The maximum Gasteiger partial charge on any atom is 0.257 e. The lowest BCUT2D eigenvalue weighted by molar-refractivity contribution is 0.102. The third-order valence-corrected chi connectivity index (χ3v) is 3.12. The van der Waals surface area contributed by atoms with Gasteiger partial charge in [-0.2, -0.15) is 0 Å². The fourth-order valence-electron chi connectivity index (χ4n) is 1.53. The van der Waals surface area contributed by atoms with Crippen LogP contribution in [0.5, 0.6) is 0 Å². The second-order valence-electron chi connectivity index (χ2n) is 3.84. The summed E-state index contributed by atoms with van der Waals surface area (Å²) in [7, 11) is 0. The highest BCUT2D eigenvalue weighted by atomic mass is 79.9. The second-order valence-corrected chi connectivity index (χ2v) is 4.69. The molecule has 0 aliphatic rings. The number of carbonyl (C=O) groups excluding carboxylic acids is 1. The van der Waals surface area contributed by atoms with E-state index in [-0.39, 0.29) is 10.2 Å². The number of aryl methyl sites for hydroxylation is 1. The minimum Gasteiger partial charge on any atom is -0.319 e. The summed E-state index contributed by atoms with van der Waals surface area (Å²) in [5.41, 5.74) is 0.608. The normalized spacial score (nSPS) is 10.3. The first-order valence-electron chi connectivity index (χ1n) is 5.36. The molecule has 0 saturated heterocycles. The number of nitrogens with one attached hydrogen (secondary N) is 1. The first-order valence-corrected chi connectivity index (χ1v) is 6.16. The molecule has 0 spiro atoms. The van der Waals surface area contributed by atoms with Crippen molar-refractivity contribution in [1.82, 2.24) is 4.98 Å². The second kappa shape index (κ2) is 5.44. The number of pyridine rings is 1. The highest BCUT2D eigenvalue weighted by Crippen LogP contribution is 2.23.